The van der Waals surface area contributed by atoms with Crippen LogP contribution in [0.1, 0.15) is 17.7 Å². The quantitative estimate of drug-likeness (QED) is 0.476. The van der Waals surface area contributed by atoms with Gasteiger partial charge in [0.25, 0.3) is 6.43 Å². The molecule has 0 fully saturated rings. The topological polar surface area (TPSA) is 17.8 Å². The average molecular weight is 297 g/mol. The summed E-state index contributed by atoms with van der Waals surface area (Å²) in [4.78, 5) is 0. The van der Waals surface area contributed by atoms with E-state index in [2.05, 4.69) is 5.10 Å². The normalized spacial score (nSPS) is 11.3. The summed E-state index contributed by atoms with van der Waals surface area (Å²) in [6, 6.07) is 1.16. The van der Waals surface area contributed by atoms with E-state index in [1.165, 1.54) is 0 Å². The zero-order chi connectivity index (χ0) is 14.2. The standard InChI is InChI=1S/C11H6ClF5N2/c12-3-5-4-18-19(10(5)11(16)17)6-1-7(13)9(15)8(14)2-6/h1-2,4,11H,3H2. The fourth-order valence-electron chi connectivity index (χ4n) is 1.60. The highest BCUT2D eigenvalue weighted by Gasteiger charge is 2.22. The second kappa shape index (κ2) is 5.16. The predicted molar refractivity (Wildman–Crippen MR) is 58.0 cm³/mol. The molecular formula is C11H6ClF5N2. The molecule has 2 aromatic rings. The molecule has 19 heavy (non-hydrogen) atoms. The van der Waals surface area contributed by atoms with Crippen LogP contribution in [0.4, 0.5) is 22.0 Å². The van der Waals surface area contributed by atoms with Gasteiger partial charge in [-0.2, -0.15) is 5.10 Å². The van der Waals surface area contributed by atoms with Crippen LogP contribution in [0.3, 0.4) is 0 Å². The lowest BCUT2D eigenvalue weighted by Crippen LogP contribution is -2.06. The van der Waals surface area contributed by atoms with E-state index in [-0.39, 0.29) is 17.1 Å². The zero-order valence-electron chi connectivity index (χ0n) is 9.18. The number of benzene rings is 1. The van der Waals surface area contributed by atoms with Gasteiger partial charge in [0.1, 0.15) is 5.69 Å². The van der Waals surface area contributed by atoms with Crippen molar-refractivity contribution < 1.29 is 22.0 Å². The molecule has 0 radical (unpaired) electrons. The van der Waals surface area contributed by atoms with E-state index < -0.39 is 29.6 Å². The minimum Gasteiger partial charge on any atom is -0.231 e. The van der Waals surface area contributed by atoms with E-state index in [0.29, 0.717) is 16.8 Å². The van der Waals surface area contributed by atoms with E-state index in [4.69, 9.17) is 11.6 Å². The molecule has 0 bridgehead atoms. The monoisotopic (exact) mass is 296 g/mol. The van der Waals surface area contributed by atoms with Gasteiger partial charge in [-0.25, -0.2) is 26.6 Å². The van der Waals surface area contributed by atoms with Gasteiger partial charge in [-0.05, 0) is 0 Å². The third kappa shape index (κ3) is 2.42. The van der Waals surface area contributed by atoms with Gasteiger partial charge in [-0.3, -0.25) is 0 Å². The minimum absolute atomic E-state index is 0.0295. The van der Waals surface area contributed by atoms with Crippen LogP contribution in [0, 0.1) is 17.5 Å². The van der Waals surface area contributed by atoms with Gasteiger partial charge in [-0.1, -0.05) is 0 Å². The summed E-state index contributed by atoms with van der Waals surface area (Å²) in [5, 5.41) is 3.59. The van der Waals surface area contributed by atoms with Gasteiger partial charge in [0, 0.05) is 17.7 Å². The van der Waals surface area contributed by atoms with Crippen LogP contribution in [0.25, 0.3) is 5.69 Å². The third-order valence-electron chi connectivity index (χ3n) is 2.45. The Labute approximate surface area is 109 Å². The SMILES string of the molecule is Fc1cc(-n2ncc(CCl)c2C(F)F)cc(F)c1F. The van der Waals surface area contributed by atoms with Crippen molar-refractivity contribution in [3.05, 3.63) is 47.0 Å². The summed E-state index contributed by atoms with van der Waals surface area (Å²) in [6.45, 7) is 0. The Hall–Kier alpha value is -1.63. The van der Waals surface area contributed by atoms with E-state index >= 15 is 0 Å². The molecule has 1 aromatic heterocycles. The Morgan fingerprint density at radius 1 is 1.16 bits per heavy atom. The van der Waals surface area contributed by atoms with E-state index in [1.807, 2.05) is 0 Å². The van der Waals surface area contributed by atoms with Gasteiger partial charge < -0.3 is 0 Å². The fraction of sp³-hybridized carbons (Fsp3) is 0.182. The molecule has 102 valence electrons. The number of alkyl halides is 3. The minimum atomic E-state index is -2.94. The van der Waals surface area contributed by atoms with E-state index in [9.17, 15) is 22.0 Å². The molecule has 1 heterocycles. The first-order chi connectivity index (χ1) is 8.95. The molecule has 1 aromatic carbocycles. The lowest BCUT2D eigenvalue weighted by molar-refractivity contribution is 0.142. The number of hydrogen-bond donors (Lipinski definition) is 0. The Morgan fingerprint density at radius 2 is 1.74 bits per heavy atom. The second-order valence-electron chi connectivity index (χ2n) is 3.62. The molecule has 0 N–H and O–H groups in total. The summed E-state index contributed by atoms with van der Waals surface area (Å²) in [7, 11) is 0. The summed E-state index contributed by atoms with van der Waals surface area (Å²) >= 11 is 5.47. The molecular weight excluding hydrogens is 291 g/mol. The molecule has 0 unspecified atom stereocenters. The molecule has 0 atom stereocenters. The summed E-state index contributed by atoms with van der Waals surface area (Å²) in [6.07, 6.45) is -1.87. The highest BCUT2D eigenvalue weighted by Crippen LogP contribution is 2.27. The first-order valence-corrected chi connectivity index (χ1v) is 5.55. The lowest BCUT2D eigenvalue weighted by atomic mass is 10.2. The van der Waals surface area contributed by atoms with E-state index in [0.717, 1.165) is 6.20 Å². The van der Waals surface area contributed by atoms with Crippen LogP contribution in [-0.2, 0) is 5.88 Å². The summed E-state index contributed by atoms with van der Waals surface area (Å²) < 4.78 is 65.4. The smallest absolute Gasteiger partial charge is 0.231 e. The van der Waals surface area contributed by atoms with Crippen molar-refractivity contribution >= 4 is 11.6 Å². The Bertz CT molecular complexity index is 588. The van der Waals surface area contributed by atoms with Crippen molar-refractivity contribution in [2.24, 2.45) is 0 Å². The van der Waals surface area contributed by atoms with Crippen LogP contribution in [0.2, 0.25) is 0 Å². The van der Waals surface area contributed by atoms with Crippen molar-refractivity contribution in [1.29, 1.82) is 0 Å². The first kappa shape index (κ1) is 13.8. The predicted octanol–water partition coefficient (Wildman–Crippen LogP) is 3.97. The molecule has 0 aliphatic carbocycles. The number of rotatable bonds is 3. The van der Waals surface area contributed by atoms with Crippen LogP contribution in [-0.4, -0.2) is 9.78 Å². The molecule has 0 saturated carbocycles. The Kier molecular flexibility index (Phi) is 3.75. The molecule has 0 spiro atoms. The maximum absolute atomic E-state index is 13.1. The number of hydrogen-bond acceptors (Lipinski definition) is 1. The molecule has 0 amide bonds. The van der Waals surface area contributed by atoms with Crippen molar-refractivity contribution in [2.75, 3.05) is 0 Å². The van der Waals surface area contributed by atoms with Crippen molar-refractivity contribution in [2.45, 2.75) is 12.3 Å². The Morgan fingerprint density at radius 3 is 2.21 bits per heavy atom. The van der Waals surface area contributed by atoms with Crippen LogP contribution >= 0.6 is 11.6 Å². The molecule has 0 aliphatic rings. The zero-order valence-corrected chi connectivity index (χ0v) is 9.93. The molecule has 8 heteroatoms. The molecule has 0 aliphatic heterocycles. The molecule has 2 rings (SSSR count). The lowest BCUT2D eigenvalue weighted by Gasteiger charge is -2.09. The maximum atomic E-state index is 13.1. The largest absolute Gasteiger partial charge is 0.280 e. The van der Waals surface area contributed by atoms with Crippen molar-refractivity contribution in [1.82, 2.24) is 9.78 Å². The van der Waals surface area contributed by atoms with Crippen LogP contribution < -0.4 is 0 Å². The summed E-state index contributed by atoms with van der Waals surface area (Å²) in [5.74, 6) is -4.88. The van der Waals surface area contributed by atoms with Gasteiger partial charge in [0.2, 0.25) is 0 Å². The van der Waals surface area contributed by atoms with Crippen LogP contribution in [0.5, 0.6) is 0 Å². The van der Waals surface area contributed by atoms with Gasteiger partial charge in [0.15, 0.2) is 17.5 Å². The number of halogens is 6. The third-order valence-corrected chi connectivity index (χ3v) is 2.74. The number of aromatic nitrogens is 2. The molecule has 2 nitrogen and oxygen atoms in total. The molecule has 0 saturated heterocycles. The van der Waals surface area contributed by atoms with E-state index in [1.54, 1.807) is 0 Å². The highest BCUT2D eigenvalue weighted by atomic mass is 35.5. The average Bonchev–Trinajstić information content (AvgIpc) is 2.79. The highest BCUT2D eigenvalue weighted by molar-refractivity contribution is 6.17. The van der Waals surface area contributed by atoms with Crippen molar-refractivity contribution in [3.8, 4) is 5.69 Å². The van der Waals surface area contributed by atoms with Crippen molar-refractivity contribution in [3.63, 3.8) is 0 Å². The second-order valence-corrected chi connectivity index (χ2v) is 3.89. The first-order valence-electron chi connectivity index (χ1n) is 5.01. The van der Waals surface area contributed by atoms with Gasteiger partial charge in [-0.15, -0.1) is 11.6 Å². The maximum Gasteiger partial charge on any atom is 0.280 e. The Balaban J connectivity index is 2.62. The number of nitrogens with zero attached hydrogens (tertiary/aromatic N) is 2. The van der Waals surface area contributed by atoms with Gasteiger partial charge >= 0.3 is 0 Å². The summed E-state index contributed by atoms with van der Waals surface area (Å²) in [5.41, 5.74) is -0.898. The van der Waals surface area contributed by atoms with Gasteiger partial charge in [0.05, 0.1) is 17.8 Å². The fourth-order valence-corrected chi connectivity index (χ4v) is 1.80. The van der Waals surface area contributed by atoms with Crippen LogP contribution in [0.15, 0.2) is 18.3 Å².